The van der Waals surface area contributed by atoms with Gasteiger partial charge in [0.05, 0.1) is 0 Å². The number of likely N-dealkylation sites (N-methyl/N-ethyl adjacent to an activating group) is 1. The molecule has 0 spiro atoms. The molecule has 3 N–H and O–H groups in total. The highest BCUT2D eigenvalue weighted by molar-refractivity contribution is 5.85. The summed E-state index contributed by atoms with van der Waals surface area (Å²) >= 11 is 0. The molecule has 0 saturated heterocycles. The van der Waals surface area contributed by atoms with E-state index in [-0.39, 0.29) is 5.82 Å². The van der Waals surface area contributed by atoms with Crippen LogP contribution in [-0.2, 0) is 11.2 Å². The molecule has 1 heterocycles. The molecular weight excluding hydrogens is 378 g/mol. The van der Waals surface area contributed by atoms with Crippen molar-refractivity contribution in [2.45, 2.75) is 19.5 Å². The number of halogens is 4. The molecule has 6 nitrogen and oxygen atoms in total. The summed E-state index contributed by atoms with van der Waals surface area (Å²) in [4.78, 5) is 19.4. The lowest BCUT2D eigenvalue weighted by Gasteiger charge is -2.18. The summed E-state index contributed by atoms with van der Waals surface area (Å²) in [6.45, 7) is 1.14. The lowest BCUT2D eigenvalue weighted by atomic mass is 10.1. The Morgan fingerprint density at radius 3 is 2.71 bits per heavy atom. The van der Waals surface area contributed by atoms with Crippen LogP contribution in [0, 0.1) is 5.82 Å². The number of aromatic amines is 1. The van der Waals surface area contributed by atoms with Gasteiger partial charge in [-0.05, 0) is 37.1 Å². The maximum absolute atomic E-state index is 13.2. The number of benzene rings is 1. The van der Waals surface area contributed by atoms with Gasteiger partial charge in [-0.25, -0.2) is 9.38 Å². The molecule has 154 valence electrons. The molecule has 0 saturated carbocycles. The number of amides is 1. The van der Waals surface area contributed by atoms with Gasteiger partial charge in [-0.2, -0.15) is 13.2 Å². The third-order valence-electron chi connectivity index (χ3n) is 3.98. The number of alkyl halides is 3. The van der Waals surface area contributed by atoms with Crippen molar-refractivity contribution in [3.05, 3.63) is 35.8 Å². The van der Waals surface area contributed by atoms with Gasteiger partial charge in [0.2, 0.25) is 5.91 Å². The molecule has 0 fully saturated rings. The van der Waals surface area contributed by atoms with Crippen molar-refractivity contribution in [2.24, 2.45) is 4.99 Å². The largest absolute Gasteiger partial charge is 0.406 e. The second-order valence-corrected chi connectivity index (χ2v) is 6.24. The highest BCUT2D eigenvalue weighted by atomic mass is 19.4. The minimum Gasteiger partial charge on any atom is -0.361 e. The van der Waals surface area contributed by atoms with Crippen LogP contribution in [-0.4, -0.2) is 61.2 Å². The number of nitrogens with one attached hydrogen (secondary N) is 3. The summed E-state index contributed by atoms with van der Waals surface area (Å²) < 4.78 is 50.3. The normalized spacial score (nSPS) is 12.3. The molecule has 2 rings (SSSR count). The summed E-state index contributed by atoms with van der Waals surface area (Å²) in [5.41, 5.74) is 1.69. The molecule has 1 aromatic heterocycles. The number of guanidine groups is 1. The number of aliphatic imine (C=N–C) groups is 1. The maximum atomic E-state index is 13.2. The predicted octanol–water partition coefficient (Wildman–Crippen LogP) is 2.43. The van der Waals surface area contributed by atoms with Gasteiger partial charge in [0.15, 0.2) is 5.96 Å². The van der Waals surface area contributed by atoms with Crippen molar-refractivity contribution >= 4 is 22.8 Å². The number of rotatable bonds is 7. The third-order valence-corrected chi connectivity index (χ3v) is 3.98. The quantitative estimate of drug-likeness (QED) is 0.379. The van der Waals surface area contributed by atoms with Crippen molar-refractivity contribution < 1.29 is 22.4 Å². The van der Waals surface area contributed by atoms with Crippen LogP contribution in [0.25, 0.3) is 10.9 Å². The highest BCUT2D eigenvalue weighted by Crippen LogP contribution is 2.19. The van der Waals surface area contributed by atoms with E-state index >= 15 is 0 Å². The Morgan fingerprint density at radius 1 is 1.29 bits per heavy atom. The fraction of sp³-hybridized carbons (Fsp3) is 0.444. The van der Waals surface area contributed by atoms with Crippen LogP contribution in [0.15, 0.2) is 29.4 Å². The Kier molecular flexibility index (Phi) is 7.24. The van der Waals surface area contributed by atoms with E-state index in [1.807, 2.05) is 6.92 Å². The molecular formula is C18H23F4N5O. The van der Waals surface area contributed by atoms with Gasteiger partial charge in [-0.15, -0.1) is 0 Å². The van der Waals surface area contributed by atoms with E-state index in [1.54, 1.807) is 12.3 Å². The zero-order valence-corrected chi connectivity index (χ0v) is 15.7. The molecule has 1 amide bonds. The summed E-state index contributed by atoms with van der Waals surface area (Å²) in [7, 11) is 1.09. The first-order valence-electron chi connectivity index (χ1n) is 8.78. The monoisotopic (exact) mass is 401 g/mol. The number of carbonyl (C=O) groups excluding carboxylic acids is 1. The van der Waals surface area contributed by atoms with Crippen molar-refractivity contribution in [3.8, 4) is 0 Å². The number of hydrogen-bond donors (Lipinski definition) is 3. The first-order chi connectivity index (χ1) is 13.2. The molecule has 2 aromatic rings. The minimum atomic E-state index is -4.45. The van der Waals surface area contributed by atoms with E-state index in [1.165, 1.54) is 12.1 Å². The Bertz CT molecular complexity index is 831. The predicted molar refractivity (Wildman–Crippen MR) is 99.6 cm³/mol. The Balaban J connectivity index is 1.91. The van der Waals surface area contributed by atoms with Crippen LogP contribution in [0.5, 0.6) is 0 Å². The first-order valence-corrected chi connectivity index (χ1v) is 8.78. The van der Waals surface area contributed by atoms with Crippen LogP contribution >= 0.6 is 0 Å². The Hall–Kier alpha value is -2.78. The molecule has 0 aliphatic carbocycles. The molecule has 0 radical (unpaired) electrons. The van der Waals surface area contributed by atoms with Crippen LogP contribution in [0.1, 0.15) is 12.5 Å². The van der Waals surface area contributed by atoms with E-state index in [4.69, 9.17) is 0 Å². The molecule has 0 bridgehead atoms. The minimum absolute atomic E-state index is 0.319. The van der Waals surface area contributed by atoms with Gasteiger partial charge in [0.25, 0.3) is 0 Å². The SMILES string of the molecule is CCNC(=NCC(=O)N(C)CC(F)(F)F)NCCc1c[nH]c2cc(F)ccc12. The van der Waals surface area contributed by atoms with Gasteiger partial charge in [0, 0.05) is 37.2 Å². The van der Waals surface area contributed by atoms with Crippen LogP contribution in [0.3, 0.4) is 0 Å². The molecule has 1 aromatic carbocycles. The molecule has 0 atom stereocenters. The van der Waals surface area contributed by atoms with Crippen molar-refractivity contribution in [2.75, 3.05) is 33.2 Å². The molecule has 28 heavy (non-hydrogen) atoms. The van der Waals surface area contributed by atoms with Gasteiger partial charge in [-0.1, -0.05) is 0 Å². The molecule has 0 unspecified atom stereocenters. The number of nitrogens with zero attached hydrogens (tertiary/aromatic N) is 2. The number of H-pyrrole nitrogens is 1. The van der Waals surface area contributed by atoms with Gasteiger partial charge in [-0.3, -0.25) is 4.79 Å². The maximum Gasteiger partial charge on any atom is 0.406 e. The first kappa shape index (κ1) is 21.5. The number of fused-ring (bicyclic) bond motifs is 1. The van der Waals surface area contributed by atoms with E-state index in [0.29, 0.717) is 35.9 Å². The van der Waals surface area contributed by atoms with Crippen LogP contribution in [0.4, 0.5) is 17.6 Å². The van der Waals surface area contributed by atoms with Crippen LogP contribution < -0.4 is 10.6 Å². The van der Waals surface area contributed by atoms with Crippen LogP contribution in [0.2, 0.25) is 0 Å². The summed E-state index contributed by atoms with van der Waals surface area (Å²) in [5.74, 6) is -0.712. The Labute approximate surface area is 160 Å². The summed E-state index contributed by atoms with van der Waals surface area (Å²) in [6, 6.07) is 4.51. The fourth-order valence-corrected chi connectivity index (χ4v) is 2.65. The number of aromatic nitrogens is 1. The van der Waals surface area contributed by atoms with E-state index in [9.17, 15) is 22.4 Å². The zero-order chi connectivity index (χ0) is 20.7. The van der Waals surface area contributed by atoms with E-state index in [2.05, 4.69) is 20.6 Å². The Morgan fingerprint density at radius 2 is 2.04 bits per heavy atom. The topological polar surface area (TPSA) is 72.5 Å². The third kappa shape index (κ3) is 6.43. The fourth-order valence-electron chi connectivity index (χ4n) is 2.65. The lowest BCUT2D eigenvalue weighted by molar-refractivity contribution is -0.157. The average molecular weight is 401 g/mol. The van der Waals surface area contributed by atoms with Crippen molar-refractivity contribution in [1.29, 1.82) is 0 Å². The lowest BCUT2D eigenvalue weighted by Crippen LogP contribution is -2.40. The standard InChI is InChI=1S/C18H23F4N5O/c1-3-23-17(26-10-16(28)27(2)11-18(20,21)22)24-7-6-12-9-25-15-8-13(19)4-5-14(12)15/h4-5,8-9,25H,3,6-7,10-11H2,1-2H3,(H2,23,24,26). The van der Waals surface area contributed by atoms with Gasteiger partial charge < -0.3 is 20.5 Å². The highest BCUT2D eigenvalue weighted by Gasteiger charge is 2.31. The number of hydrogen-bond acceptors (Lipinski definition) is 2. The van der Waals surface area contributed by atoms with E-state index in [0.717, 1.165) is 18.0 Å². The second kappa shape index (κ2) is 9.43. The molecule has 0 aliphatic heterocycles. The summed E-state index contributed by atoms with van der Waals surface area (Å²) in [5, 5.41) is 6.89. The van der Waals surface area contributed by atoms with Crippen molar-refractivity contribution in [1.82, 2.24) is 20.5 Å². The second-order valence-electron chi connectivity index (χ2n) is 6.24. The molecule has 10 heteroatoms. The average Bonchev–Trinajstić information content (AvgIpc) is 3.00. The van der Waals surface area contributed by atoms with Crippen molar-refractivity contribution in [3.63, 3.8) is 0 Å². The van der Waals surface area contributed by atoms with Gasteiger partial charge in [0.1, 0.15) is 18.9 Å². The zero-order valence-electron chi connectivity index (χ0n) is 15.7. The van der Waals surface area contributed by atoms with E-state index < -0.39 is 25.2 Å². The molecule has 0 aliphatic rings. The smallest absolute Gasteiger partial charge is 0.361 e. The summed E-state index contributed by atoms with van der Waals surface area (Å²) in [6.07, 6.45) is -2.04. The number of carbonyl (C=O) groups is 1. The van der Waals surface area contributed by atoms with Gasteiger partial charge >= 0.3 is 6.18 Å².